The van der Waals surface area contributed by atoms with Crippen LogP contribution < -0.4 is 10.4 Å². The molecular formula is C21H25N3O3. The molecule has 1 heterocycles. The summed E-state index contributed by atoms with van der Waals surface area (Å²) in [5, 5.41) is 16.8. The first-order chi connectivity index (χ1) is 12.8. The standard InChI is InChI=1S/C21H25N3O3/c1-13(2)18-11-16(7-10-19(18)25)20-22-23-21(26)24(20)12-15-5-8-17(9-6-15)27-14(3)4/h5-11,13-14,25H,12H2,1-4H3,(H,23,26). The molecule has 142 valence electrons. The SMILES string of the molecule is CC(C)Oc1ccc(Cn2c(-c3ccc(O)c(C(C)C)c3)n[nH]c2=O)cc1. The van der Waals surface area contributed by atoms with E-state index in [0.29, 0.717) is 12.4 Å². The van der Waals surface area contributed by atoms with Gasteiger partial charge < -0.3 is 9.84 Å². The largest absolute Gasteiger partial charge is 0.508 e. The summed E-state index contributed by atoms with van der Waals surface area (Å²) in [6.45, 7) is 8.38. The average Bonchev–Trinajstić information content (AvgIpc) is 2.97. The maximum atomic E-state index is 12.3. The molecule has 0 aliphatic heterocycles. The molecule has 6 nitrogen and oxygen atoms in total. The zero-order valence-corrected chi connectivity index (χ0v) is 16.1. The van der Waals surface area contributed by atoms with Gasteiger partial charge in [0.2, 0.25) is 0 Å². The Bertz CT molecular complexity index is 969. The van der Waals surface area contributed by atoms with Crippen molar-refractivity contribution in [3.05, 3.63) is 64.1 Å². The van der Waals surface area contributed by atoms with E-state index in [1.54, 1.807) is 16.7 Å². The van der Waals surface area contributed by atoms with E-state index in [0.717, 1.165) is 22.4 Å². The third-order valence-electron chi connectivity index (χ3n) is 4.30. The molecule has 0 bridgehead atoms. The first kappa shape index (κ1) is 18.8. The maximum Gasteiger partial charge on any atom is 0.343 e. The number of rotatable bonds is 6. The lowest BCUT2D eigenvalue weighted by Crippen LogP contribution is -2.18. The number of H-pyrrole nitrogens is 1. The normalized spacial score (nSPS) is 11.3. The minimum absolute atomic E-state index is 0.114. The van der Waals surface area contributed by atoms with E-state index in [-0.39, 0.29) is 23.5 Å². The summed E-state index contributed by atoms with van der Waals surface area (Å²) in [7, 11) is 0. The van der Waals surface area contributed by atoms with Crippen molar-refractivity contribution in [2.24, 2.45) is 0 Å². The highest BCUT2D eigenvalue weighted by molar-refractivity contribution is 5.59. The highest BCUT2D eigenvalue weighted by Gasteiger charge is 2.14. The van der Waals surface area contributed by atoms with Crippen LogP contribution in [0.4, 0.5) is 0 Å². The predicted molar refractivity (Wildman–Crippen MR) is 105 cm³/mol. The van der Waals surface area contributed by atoms with Crippen LogP contribution in [-0.4, -0.2) is 26.0 Å². The molecule has 0 spiro atoms. The highest BCUT2D eigenvalue weighted by atomic mass is 16.5. The second-order valence-corrected chi connectivity index (χ2v) is 7.18. The molecule has 0 amide bonds. The lowest BCUT2D eigenvalue weighted by Gasteiger charge is -2.12. The molecular weight excluding hydrogens is 342 g/mol. The Morgan fingerprint density at radius 2 is 1.81 bits per heavy atom. The molecule has 1 aromatic heterocycles. The summed E-state index contributed by atoms with van der Waals surface area (Å²) in [6.07, 6.45) is 0.114. The van der Waals surface area contributed by atoms with E-state index in [1.165, 1.54) is 0 Å². The van der Waals surface area contributed by atoms with E-state index in [2.05, 4.69) is 10.2 Å². The summed E-state index contributed by atoms with van der Waals surface area (Å²) in [5.74, 6) is 1.76. The molecule has 0 atom stereocenters. The number of hydrogen-bond acceptors (Lipinski definition) is 4. The van der Waals surface area contributed by atoms with Crippen LogP contribution in [0.15, 0.2) is 47.3 Å². The van der Waals surface area contributed by atoms with E-state index in [4.69, 9.17) is 4.74 Å². The molecule has 2 N–H and O–H groups in total. The summed E-state index contributed by atoms with van der Waals surface area (Å²) in [5.41, 5.74) is 2.31. The van der Waals surface area contributed by atoms with Crippen LogP contribution >= 0.6 is 0 Å². The first-order valence-corrected chi connectivity index (χ1v) is 9.09. The molecule has 27 heavy (non-hydrogen) atoms. The highest BCUT2D eigenvalue weighted by Crippen LogP contribution is 2.29. The Labute approximate surface area is 158 Å². The minimum atomic E-state index is -0.272. The van der Waals surface area contributed by atoms with Crippen molar-refractivity contribution < 1.29 is 9.84 Å². The van der Waals surface area contributed by atoms with Gasteiger partial charge in [-0.1, -0.05) is 26.0 Å². The quantitative estimate of drug-likeness (QED) is 0.692. The van der Waals surface area contributed by atoms with Crippen molar-refractivity contribution in [1.82, 2.24) is 14.8 Å². The Balaban J connectivity index is 1.92. The Hall–Kier alpha value is -3.02. The van der Waals surface area contributed by atoms with Gasteiger partial charge in [-0.25, -0.2) is 9.89 Å². The molecule has 2 aromatic carbocycles. The van der Waals surface area contributed by atoms with Crippen LogP contribution in [0.5, 0.6) is 11.5 Å². The molecule has 3 aromatic rings. The van der Waals surface area contributed by atoms with Gasteiger partial charge in [0.05, 0.1) is 12.6 Å². The summed E-state index contributed by atoms with van der Waals surface area (Å²) < 4.78 is 7.25. The molecule has 0 aliphatic carbocycles. The Morgan fingerprint density at radius 3 is 2.44 bits per heavy atom. The molecule has 3 rings (SSSR count). The number of phenolic OH excluding ortho intramolecular Hbond substituents is 1. The fourth-order valence-electron chi connectivity index (χ4n) is 2.97. The molecule has 0 unspecified atom stereocenters. The third-order valence-corrected chi connectivity index (χ3v) is 4.30. The fourth-order valence-corrected chi connectivity index (χ4v) is 2.97. The van der Waals surface area contributed by atoms with Crippen molar-refractivity contribution in [1.29, 1.82) is 0 Å². The molecule has 0 radical (unpaired) electrons. The van der Waals surface area contributed by atoms with Gasteiger partial charge in [-0.2, -0.15) is 5.10 Å². The van der Waals surface area contributed by atoms with Gasteiger partial charge in [-0.3, -0.25) is 4.57 Å². The summed E-state index contributed by atoms with van der Waals surface area (Å²) >= 11 is 0. The zero-order valence-electron chi connectivity index (χ0n) is 16.1. The van der Waals surface area contributed by atoms with Crippen LogP contribution in [0.2, 0.25) is 0 Å². The number of phenols is 1. The van der Waals surface area contributed by atoms with Gasteiger partial charge in [-0.15, -0.1) is 0 Å². The molecule has 0 fully saturated rings. The first-order valence-electron chi connectivity index (χ1n) is 9.09. The van der Waals surface area contributed by atoms with E-state index in [9.17, 15) is 9.90 Å². The summed E-state index contributed by atoms with van der Waals surface area (Å²) in [6, 6.07) is 13.0. The number of aromatic amines is 1. The van der Waals surface area contributed by atoms with Gasteiger partial charge in [0.15, 0.2) is 5.82 Å². The lowest BCUT2D eigenvalue weighted by molar-refractivity contribution is 0.242. The van der Waals surface area contributed by atoms with Gasteiger partial charge >= 0.3 is 5.69 Å². The van der Waals surface area contributed by atoms with Gasteiger partial charge in [0.1, 0.15) is 11.5 Å². The van der Waals surface area contributed by atoms with Crippen molar-refractivity contribution >= 4 is 0 Å². The molecule has 6 heteroatoms. The monoisotopic (exact) mass is 367 g/mol. The number of nitrogens with one attached hydrogen (secondary N) is 1. The number of aromatic nitrogens is 3. The van der Waals surface area contributed by atoms with Crippen LogP contribution in [-0.2, 0) is 6.54 Å². The van der Waals surface area contributed by atoms with Crippen LogP contribution in [0.3, 0.4) is 0 Å². The van der Waals surface area contributed by atoms with Crippen molar-refractivity contribution in [2.45, 2.75) is 46.3 Å². The number of nitrogens with zero attached hydrogens (tertiary/aromatic N) is 2. The van der Waals surface area contributed by atoms with Crippen molar-refractivity contribution in [3.8, 4) is 22.9 Å². The van der Waals surface area contributed by atoms with E-state index >= 15 is 0 Å². The van der Waals surface area contributed by atoms with Crippen LogP contribution in [0, 0.1) is 0 Å². The van der Waals surface area contributed by atoms with Crippen molar-refractivity contribution in [2.75, 3.05) is 0 Å². The lowest BCUT2D eigenvalue weighted by atomic mass is 9.99. The van der Waals surface area contributed by atoms with E-state index in [1.807, 2.05) is 58.0 Å². The Morgan fingerprint density at radius 1 is 1.11 bits per heavy atom. The second kappa shape index (κ2) is 7.70. The second-order valence-electron chi connectivity index (χ2n) is 7.18. The number of aromatic hydroxyl groups is 1. The van der Waals surface area contributed by atoms with Crippen molar-refractivity contribution in [3.63, 3.8) is 0 Å². The van der Waals surface area contributed by atoms with Gasteiger partial charge in [0.25, 0.3) is 0 Å². The third kappa shape index (κ3) is 4.22. The van der Waals surface area contributed by atoms with Crippen LogP contribution in [0.25, 0.3) is 11.4 Å². The number of ether oxygens (including phenoxy) is 1. The molecule has 0 saturated carbocycles. The number of hydrogen-bond donors (Lipinski definition) is 2. The minimum Gasteiger partial charge on any atom is -0.508 e. The van der Waals surface area contributed by atoms with Gasteiger partial charge in [-0.05, 0) is 61.2 Å². The maximum absolute atomic E-state index is 12.3. The van der Waals surface area contributed by atoms with E-state index < -0.39 is 0 Å². The average molecular weight is 367 g/mol. The molecule has 0 aliphatic rings. The zero-order chi connectivity index (χ0) is 19.6. The Kier molecular flexibility index (Phi) is 5.35. The fraction of sp³-hybridized carbons (Fsp3) is 0.333. The number of benzene rings is 2. The summed E-state index contributed by atoms with van der Waals surface area (Å²) in [4.78, 5) is 12.3. The van der Waals surface area contributed by atoms with Crippen LogP contribution in [0.1, 0.15) is 44.7 Å². The van der Waals surface area contributed by atoms with Gasteiger partial charge in [0, 0.05) is 5.56 Å². The molecule has 0 saturated heterocycles. The smallest absolute Gasteiger partial charge is 0.343 e. The topological polar surface area (TPSA) is 80.1 Å². The predicted octanol–water partition coefficient (Wildman–Crippen LogP) is 3.90.